The molecule has 0 aromatic heterocycles. The van der Waals surface area contributed by atoms with Crippen LogP contribution < -0.4 is 4.74 Å². The lowest BCUT2D eigenvalue weighted by Crippen LogP contribution is -2.37. The first-order chi connectivity index (χ1) is 10.8. The van der Waals surface area contributed by atoms with Crippen LogP contribution in [-0.2, 0) is 4.74 Å². The van der Waals surface area contributed by atoms with Crippen LogP contribution in [0.5, 0.6) is 5.75 Å². The summed E-state index contributed by atoms with van der Waals surface area (Å²) in [5.41, 5.74) is -0.0781. The van der Waals surface area contributed by atoms with Crippen LogP contribution >= 0.6 is 0 Å². The first-order valence-electron chi connectivity index (χ1n) is 8.12. The average Bonchev–Trinajstić information content (AvgIpc) is 2.56. The summed E-state index contributed by atoms with van der Waals surface area (Å²) in [6.07, 6.45) is 5.22. The Morgan fingerprint density at radius 3 is 2.59 bits per heavy atom. The fourth-order valence-corrected chi connectivity index (χ4v) is 2.86. The Balaban J connectivity index is 1.94. The number of aliphatic imine (C=N–C) groups is 2. The largest absolute Gasteiger partial charge is 0.490 e. The number of rotatable bonds is 7. The molecule has 0 heterocycles. The van der Waals surface area contributed by atoms with Gasteiger partial charge in [0.2, 0.25) is 0 Å². The predicted molar refractivity (Wildman–Crippen MR) is 89.0 cm³/mol. The molecule has 0 spiro atoms. The van der Waals surface area contributed by atoms with Crippen molar-refractivity contribution in [2.75, 3.05) is 20.3 Å². The first kappa shape index (κ1) is 16.7. The topological polar surface area (TPSA) is 43.2 Å². The minimum Gasteiger partial charge on any atom is -0.490 e. The molecule has 0 saturated heterocycles. The maximum Gasteiger partial charge on any atom is 0.119 e. The number of hydrogen-bond donors (Lipinski definition) is 0. The van der Waals surface area contributed by atoms with Crippen LogP contribution in [0.3, 0.4) is 0 Å². The summed E-state index contributed by atoms with van der Waals surface area (Å²) in [4.78, 5) is 8.75. The quantitative estimate of drug-likeness (QED) is 0.715. The molecule has 1 saturated carbocycles. The van der Waals surface area contributed by atoms with E-state index in [-0.39, 0.29) is 11.6 Å². The van der Waals surface area contributed by atoms with Crippen molar-refractivity contribution in [1.29, 1.82) is 0 Å². The molecule has 0 N–H and O–H groups in total. The van der Waals surface area contributed by atoms with E-state index < -0.39 is 0 Å². The number of hydrogen-bond acceptors (Lipinski definition) is 4. The number of nitrogens with zero attached hydrogens (tertiary/aromatic N) is 2. The summed E-state index contributed by atoms with van der Waals surface area (Å²) in [5, 5.41) is 0. The molecule has 4 nitrogen and oxygen atoms in total. The Kier molecular flexibility index (Phi) is 6.63. The molecule has 0 aliphatic heterocycles. The standard InChI is InChI=1S/C18H26N2O2/c1-3-19-15-20-18(13-14-21-2)11-9-17(10-12-18)22-16-7-5-4-6-8-16/h4-8,17H,3,9-14H2,1-2H3. The fourth-order valence-electron chi connectivity index (χ4n) is 2.86. The van der Waals surface area contributed by atoms with E-state index in [4.69, 9.17) is 9.47 Å². The summed E-state index contributed by atoms with van der Waals surface area (Å²) in [5.74, 6) is 0.952. The monoisotopic (exact) mass is 302 g/mol. The third kappa shape index (κ3) is 4.97. The van der Waals surface area contributed by atoms with Gasteiger partial charge in [0, 0.05) is 20.3 Å². The first-order valence-corrected chi connectivity index (χ1v) is 8.12. The second-order valence-electron chi connectivity index (χ2n) is 5.78. The van der Waals surface area contributed by atoms with Crippen molar-refractivity contribution < 1.29 is 9.47 Å². The Morgan fingerprint density at radius 2 is 1.95 bits per heavy atom. The van der Waals surface area contributed by atoms with Crippen LogP contribution in [0.25, 0.3) is 0 Å². The highest BCUT2D eigenvalue weighted by molar-refractivity contribution is 5.42. The number of methoxy groups -OCH3 is 1. The third-order valence-corrected chi connectivity index (χ3v) is 4.20. The van der Waals surface area contributed by atoms with Crippen molar-refractivity contribution in [3.63, 3.8) is 0 Å². The molecule has 1 aromatic carbocycles. The van der Waals surface area contributed by atoms with E-state index in [2.05, 4.69) is 16.0 Å². The molecule has 0 bridgehead atoms. The van der Waals surface area contributed by atoms with Crippen molar-refractivity contribution in [2.24, 2.45) is 9.98 Å². The zero-order valence-corrected chi connectivity index (χ0v) is 13.6. The summed E-state index contributed by atoms with van der Waals surface area (Å²) in [6.45, 7) is 3.44. The highest BCUT2D eigenvalue weighted by Gasteiger charge is 2.35. The van der Waals surface area contributed by atoms with Crippen molar-refractivity contribution >= 4 is 6.01 Å². The van der Waals surface area contributed by atoms with E-state index in [0.29, 0.717) is 0 Å². The lowest BCUT2D eigenvalue weighted by molar-refractivity contribution is 0.0963. The molecule has 1 aliphatic carbocycles. The summed E-state index contributed by atoms with van der Waals surface area (Å²) < 4.78 is 11.3. The van der Waals surface area contributed by atoms with E-state index >= 15 is 0 Å². The van der Waals surface area contributed by atoms with Crippen LogP contribution in [0.2, 0.25) is 0 Å². The highest BCUT2D eigenvalue weighted by atomic mass is 16.5. The molecular weight excluding hydrogens is 276 g/mol. The van der Waals surface area contributed by atoms with Crippen LogP contribution in [0.4, 0.5) is 0 Å². The molecule has 4 heteroatoms. The summed E-state index contributed by atoms with van der Waals surface area (Å²) in [6, 6.07) is 12.9. The molecule has 0 unspecified atom stereocenters. The molecule has 1 aromatic rings. The summed E-state index contributed by atoms with van der Waals surface area (Å²) in [7, 11) is 1.74. The van der Waals surface area contributed by atoms with Crippen molar-refractivity contribution in [1.82, 2.24) is 0 Å². The van der Waals surface area contributed by atoms with Gasteiger partial charge < -0.3 is 9.47 Å². The van der Waals surface area contributed by atoms with Gasteiger partial charge in [-0.05, 0) is 51.2 Å². The molecule has 2 rings (SSSR count). The molecule has 0 radical (unpaired) electrons. The van der Waals surface area contributed by atoms with Gasteiger partial charge in [0.15, 0.2) is 0 Å². The van der Waals surface area contributed by atoms with E-state index in [1.807, 2.05) is 37.3 Å². The van der Waals surface area contributed by atoms with Crippen LogP contribution in [0.15, 0.2) is 40.3 Å². The van der Waals surface area contributed by atoms with Crippen LogP contribution in [-0.4, -0.2) is 37.9 Å². The molecule has 120 valence electrons. The average molecular weight is 302 g/mol. The second-order valence-corrected chi connectivity index (χ2v) is 5.78. The van der Waals surface area contributed by atoms with E-state index in [9.17, 15) is 0 Å². The summed E-state index contributed by atoms with van der Waals surface area (Å²) >= 11 is 0. The fraction of sp³-hybridized carbons (Fsp3) is 0.611. The third-order valence-electron chi connectivity index (χ3n) is 4.20. The zero-order valence-electron chi connectivity index (χ0n) is 13.6. The second kappa shape index (κ2) is 8.72. The van der Waals surface area contributed by atoms with E-state index in [1.54, 1.807) is 7.11 Å². The Hall–Kier alpha value is -1.64. The van der Waals surface area contributed by atoms with E-state index in [1.165, 1.54) is 0 Å². The molecule has 1 fully saturated rings. The van der Waals surface area contributed by atoms with Gasteiger partial charge in [0.25, 0.3) is 0 Å². The normalized spacial score (nSPS) is 24.4. The number of benzene rings is 1. The lowest BCUT2D eigenvalue weighted by atomic mass is 9.79. The number of ether oxygens (including phenoxy) is 2. The SMILES string of the molecule is CCN=C=NC1(CCOC)CCC(Oc2ccccc2)CC1. The van der Waals surface area contributed by atoms with Gasteiger partial charge in [-0.15, -0.1) is 0 Å². The minimum atomic E-state index is -0.0781. The maximum absolute atomic E-state index is 6.06. The van der Waals surface area contributed by atoms with Crippen LogP contribution in [0, 0.1) is 0 Å². The molecule has 22 heavy (non-hydrogen) atoms. The van der Waals surface area contributed by atoms with Gasteiger partial charge in [0.05, 0.1) is 17.7 Å². The van der Waals surface area contributed by atoms with Gasteiger partial charge >= 0.3 is 0 Å². The molecule has 0 amide bonds. The van der Waals surface area contributed by atoms with Gasteiger partial charge in [-0.3, -0.25) is 0 Å². The Morgan fingerprint density at radius 1 is 1.23 bits per heavy atom. The molecular formula is C18H26N2O2. The van der Waals surface area contributed by atoms with Crippen molar-refractivity contribution in [3.8, 4) is 5.75 Å². The van der Waals surface area contributed by atoms with Crippen molar-refractivity contribution in [3.05, 3.63) is 30.3 Å². The van der Waals surface area contributed by atoms with E-state index in [0.717, 1.165) is 51.0 Å². The minimum absolute atomic E-state index is 0.0781. The van der Waals surface area contributed by atoms with Crippen LogP contribution in [0.1, 0.15) is 39.0 Å². The van der Waals surface area contributed by atoms with Gasteiger partial charge in [-0.25, -0.2) is 9.98 Å². The lowest BCUT2D eigenvalue weighted by Gasteiger charge is -2.36. The Labute approximate surface area is 133 Å². The highest BCUT2D eigenvalue weighted by Crippen LogP contribution is 2.36. The molecule has 0 atom stereocenters. The van der Waals surface area contributed by atoms with Gasteiger partial charge in [-0.2, -0.15) is 0 Å². The molecule has 1 aliphatic rings. The van der Waals surface area contributed by atoms with Crippen molar-refractivity contribution in [2.45, 2.75) is 50.7 Å². The maximum atomic E-state index is 6.06. The zero-order chi connectivity index (χ0) is 15.7. The van der Waals surface area contributed by atoms with Gasteiger partial charge in [0.1, 0.15) is 5.75 Å². The Bertz CT molecular complexity index is 487. The predicted octanol–water partition coefficient (Wildman–Crippen LogP) is 3.98. The van der Waals surface area contributed by atoms with Gasteiger partial charge in [-0.1, -0.05) is 18.2 Å². The number of para-hydroxylation sites is 1. The smallest absolute Gasteiger partial charge is 0.119 e.